The molecule has 2 aromatic carbocycles. The molecule has 0 spiro atoms. The zero-order chi connectivity index (χ0) is 26.9. The molecule has 0 fully saturated rings. The van der Waals surface area contributed by atoms with Crippen molar-refractivity contribution >= 4 is 34.3 Å². The summed E-state index contributed by atoms with van der Waals surface area (Å²) in [4.78, 5) is 29.1. The molecule has 2 aromatic heterocycles. The smallest absolute Gasteiger partial charge is 0.348 e. The molecule has 11 nitrogen and oxygen atoms in total. The van der Waals surface area contributed by atoms with Crippen LogP contribution in [0.5, 0.6) is 23.0 Å². The quantitative estimate of drug-likeness (QED) is 0.351. The van der Waals surface area contributed by atoms with Crippen LogP contribution < -0.4 is 31.0 Å². The Labute approximate surface area is 213 Å². The molecule has 11 heteroatoms. The number of nitrogen functional groups attached to an aromatic ring is 1. The number of nitrogens with zero attached hydrogens (tertiary/aromatic N) is 3. The van der Waals surface area contributed by atoms with E-state index in [0.717, 1.165) is 4.68 Å². The molecular formula is C26H28N6O5. The van der Waals surface area contributed by atoms with Crippen molar-refractivity contribution in [2.45, 2.75) is 26.2 Å². The molecule has 4 aromatic rings. The molecule has 0 bridgehead atoms. The molecule has 192 valence electrons. The zero-order valence-electron chi connectivity index (χ0n) is 21.2. The van der Waals surface area contributed by atoms with Crippen LogP contribution in [0.1, 0.15) is 36.8 Å². The summed E-state index contributed by atoms with van der Waals surface area (Å²) in [6, 6.07) is 10.9. The van der Waals surface area contributed by atoms with Gasteiger partial charge in [0.2, 0.25) is 0 Å². The van der Waals surface area contributed by atoms with Crippen molar-refractivity contribution in [3.8, 4) is 23.0 Å². The normalized spacial score (nSPS) is 11.3. The Bertz CT molecular complexity index is 1510. The van der Waals surface area contributed by atoms with Crippen molar-refractivity contribution in [1.82, 2.24) is 14.8 Å². The number of methoxy groups -OCH3 is 2. The summed E-state index contributed by atoms with van der Waals surface area (Å²) in [6.45, 7) is 5.95. The van der Waals surface area contributed by atoms with Crippen molar-refractivity contribution in [2.24, 2.45) is 5.73 Å². The van der Waals surface area contributed by atoms with Gasteiger partial charge in [0.1, 0.15) is 28.8 Å². The largest absolute Gasteiger partial charge is 0.496 e. The first kappa shape index (κ1) is 25.3. The van der Waals surface area contributed by atoms with Gasteiger partial charge in [-0.25, -0.2) is 4.79 Å². The average Bonchev–Trinajstić information content (AvgIpc) is 3.26. The Morgan fingerprint density at radius 2 is 1.70 bits per heavy atom. The van der Waals surface area contributed by atoms with E-state index in [1.165, 1.54) is 14.2 Å². The van der Waals surface area contributed by atoms with Gasteiger partial charge in [-0.2, -0.15) is 9.78 Å². The standard InChI is InChI=1S/C26H28N6O5/c1-26(2,3)22-13-23(27)32(31-22)25(34)30-17-7-6-14(10-21(17)36-5)37-19-8-9-29-18-12-20(35-4)16(24(28)33)11-15(18)19/h6-13H,27H2,1-5H3,(H2,28,33)(H,30,34). The number of hydrogen-bond acceptors (Lipinski definition) is 8. The molecule has 0 radical (unpaired) electrons. The van der Waals surface area contributed by atoms with Crippen molar-refractivity contribution < 1.29 is 23.8 Å². The topological polar surface area (TPSA) is 157 Å². The molecule has 2 amide bonds. The number of aromatic nitrogens is 3. The van der Waals surface area contributed by atoms with Gasteiger partial charge in [0, 0.05) is 35.2 Å². The predicted octanol–water partition coefficient (Wildman–Crippen LogP) is 4.30. The van der Waals surface area contributed by atoms with E-state index in [-0.39, 0.29) is 16.8 Å². The predicted molar refractivity (Wildman–Crippen MR) is 140 cm³/mol. The minimum Gasteiger partial charge on any atom is -0.496 e. The Morgan fingerprint density at radius 1 is 0.973 bits per heavy atom. The molecule has 0 saturated heterocycles. The van der Waals surface area contributed by atoms with E-state index in [1.54, 1.807) is 48.7 Å². The highest BCUT2D eigenvalue weighted by Crippen LogP contribution is 2.36. The SMILES string of the molecule is COc1cc(Oc2ccnc3cc(OC)c(C(N)=O)cc23)ccc1NC(=O)n1nc(C(C)(C)C)cc1N. The van der Waals surface area contributed by atoms with Gasteiger partial charge >= 0.3 is 6.03 Å². The Kier molecular flexibility index (Phi) is 6.62. The van der Waals surface area contributed by atoms with Crippen LogP contribution in [-0.2, 0) is 5.41 Å². The Morgan fingerprint density at radius 3 is 2.32 bits per heavy atom. The number of amides is 2. The molecule has 0 saturated carbocycles. The Hall–Kier alpha value is -4.80. The molecule has 4 rings (SSSR count). The van der Waals surface area contributed by atoms with Crippen LogP contribution in [-0.4, -0.2) is 40.9 Å². The van der Waals surface area contributed by atoms with Crippen molar-refractivity contribution in [2.75, 3.05) is 25.3 Å². The summed E-state index contributed by atoms with van der Waals surface area (Å²) in [5.41, 5.74) is 13.1. The van der Waals surface area contributed by atoms with E-state index in [2.05, 4.69) is 15.4 Å². The van der Waals surface area contributed by atoms with Gasteiger partial charge in [-0.15, -0.1) is 0 Å². The maximum atomic E-state index is 12.9. The van der Waals surface area contributed by atoms with Gasteiger partial charge in [0.15, 0.2) is 0 Å². The third-order valence-electron chi connectivity index (χ3n) is 5.63. The van der Waals surface area contributed by atoms with Gasteiger partial charge in [0.05, 0.1) is 36.7 Å². The van der Waals surface area contributed by atoms with E-state index >= 15 is 0 Å². The average molecular weight is 505 g/mol. The van der Waals surface area contributed by atoms with Crippen molar-refractivity contribution in [3.05, 3.63) is 59.9 Å². The van der Waals surface area contributed by atoms with Gasteiger partial charge in [0.25, 0.3) is 5.91 Å². The van der Waals surface area contributed by atoms with Crippen LogP contribution in [0.3, 0.4) is 0 Å². The van der Waals surface area contributed by atoms with Gasteiger partial charge in [-0.3, -0.25) is 9.78 Å². The van der Waals surface area contributed by atoms with Crippen molar-refractivity contribution in [1.29, 1.82) is 0 Å². The van der Waals surface area contributed by atoms with E-state index in [1.807, 2.05) is 20.8 Å². The summed E-state index contributed by atoms with van der Waals surface area (Å²) in [5, 5.41) is 7.66. The molecule has 0 unspecified atom stereocenters. The lowest BCUT2D eigenvalue weighted by Gasteiger charge is -2.15. The maximum Gasteiger partial charge on any atom is 0.348 e. The molecule has 5 N–H and O–H groups in total. The fourth-order valence-corrected chi connectivity index (χ4v) is 3.66. The first-order valence-corrected chi connectivity index (χ1v) is 11.3. The fraction of sp³-hybridized carbons (Fsp3) is 0.231. The molecule has 0 aliphatic carbocycles. The number of anilines is 2. The number of nitrogens with two attached hydrogens (primary N) is 2. The number of nitrogens with one attached hydrogen (secondary N) is 1. The van der Waals surface area contributed by atoms with E-state index in [0.29, 0.717) is 45.3 Å². The highest BCUT2D eigenvalue weighted by molar-refractivity contribution is 6.01. The second-order valence-corrected chi connectivity index (χ2v) is 9.25. The van der Waals surface area contributed by atoms with Crippen LogP contribution in [0.2, 0.25) is 0 Å². The maximum absolute atomic E-state index is 12.9. The minimum absolute atomic E-state index is 0.205. The highest BCUT2D eigenvalue weighted by Gasteiger charge is 2.22. The van der Waals surface area contributed by atoms with E-state index in [9.17, 15) is 9.59 Å². The lowest BCUT2D eigenvalue weighted by atomic mass is 9.92. The highest BCUT2D eigenvalue weighted by atomic mass is 16.5. The third kappa shape index (κ3) is 5.10. The van der Waals surface area contributed by atoms with Crippen LogP contribution in [0.15, 0.2) is 48.7 Å². The van der Waals surface area contributed by atoms with Gasteiger partial charge in [-0.05, 0) is 24.3 Å². The lowest BCUT2D eigenvalue weighted by molar-refractivity contribution is 0.0997. The second kappa shape index (κ2) is 9.69. The zero-order valence-corrected chi connectivity index (χ0v) is 21.2. The lowest BCUT2D eigenvalue weighted by Crippen LogP contribution is -2.23. The number of benzene rings is 2. The molecule has 0 atom stereocenters. The minimum atomic E-state index is -0.636. The first-order valence-electron chi connectivity index (χ1n) is 11.3. The first-order chi connectivity index (χ1) is 17.5. The summed E-state index contributed by atoms with van der Waals surface area (Å²) in [5.74, 6) is 1.12. The third-order valence-corrected chi connectivity index (χ3v) is 5.63. The number of pyridine rings is 1. The number of primary amides is 1. The number of ether oxygens (including phenoxy) is 3. The van der Waals surface area contributed by atoms with E-state index < -0.39 is 11.9 Å². The Balaban J connectivity index is 1.62. The number of carbonyl (C=O) groups is 2. The molecule has 2 heterocycles. The van der Waals surface area contributed by atoms with Crippen LogP contribution in [0, 0.1) is 0 Å². The fourth-order valence-electron chi connectivity index (χ4n) is 3.66. The van der Waals surface area contributed by atoms with Crippen LogP contribution >= 0.6 is 0 Å². The molecule has 37 heavy (non-hydrogen) atoms. The van der Waals surface area contributed by atoms with E-state index in [4.69, 9.17) is 25.7 Å². The van der Waals surface area contributed by atoms with Gasteiger partial charge < -0.3 is 31.0 Å². The van der Waals surface area contributed by atoms with Crippen molar-refractivity contribution in [3.63, 3.8) is 0 Å². The van der Waals surface area contributed by atoms with Crippen LogP contribution in [0.4, 0.5) is 16.3 Å². The summed E-state index contributed by atoms with van der Waals surface area (Å²) in [6.07, 6.45) is 1.58. The number of fused-ring (bicyclic) bond motifs is 1. The molecule has 0 aliphatic rings. The summed E-state index contributed by atoms with van der Waals surface area (Å²) >= 11 is 0. The second-order valence-electron chi connectivity index (χ2n) is 9.25. The number of carbonyl (C=O) groups excluding carboxylic acids is 2. The molecular weight excluding hydrogens is 476 g/mol. The molecule has 0 aliphatic heterocycles. The number of hydrogen-bond donors (Lipinski definition) is 3. The monoisotopic (exact) mass is 504 g/mol. The summed E-state index contributed by atoms with van der Waals surface area (Å²) < 4.78 is 17.9. The van der Waals surface area contributed by atoms with Gasteiger partial charge in [-0.1, -0.05) is 20.8 Å². The summed E-state index contributed by atoms with van der Waals surface area (Å²) in [7, 11) is 2.92. The number of rotatable bonds is 6. The van der Waals surface area contributed by atoms with Crippen LogP contribution in [0.25, 0.3) is 10.9 Å².